The molecule has 0 N–H and O–H groups in total. The number of aryl methyl sites for hydroxylation is 1. The first kappa shape index (κ1) is 12.1. The zero-order valence-corrected chi connectivity index (χ0v) is 10.9. The Morgan fingerprint density at radius 3 is 2.18 bits per heavy atom. The maximum absolute atomic E-state index is 5.75. The van der Waals surface area contributed by atoms with Gasteiger partial charge in [0.15, 0.2) is 0 Å². The molecule has 0 saturated carbocycles. The summed E-state index contributed by atoms with van der Waals surface area (Å²) >= 11 is 11.5. The lowest BCUT2D eigenvalue weighted by molar-refractivity contribution is 0.982. The molecule has 0 saturated heterocycles. The predicted molar refractivity (Wildman–Crippen MR) is 69.1 cm³/mol. The van der Waals surface area contributed by atoms with Crippen molar-refractivity contribution in [3.63, 3.8) is 0 Å². The fourth-order valence-electron chi connectivity index (χ4n) is 1.51. The van der Waals surface area contributed by atoms with Crippen LogP contribution in [0.3, 0.4) is 0 Å². The average Bonchev–Trinajstić information content (AvgIpc) is 2.27. The van der Waals surface area contributed by atoms with E-state index in [1.807, 2.05) is 43.1 Å². The van der Waals surface area contributed by atoms with E-state index >= 15 is 0 Å². The van der Waals surface area contributed by atoms with Gasteiger partial charge in [0.05, 0.1) is 0 Å². The number of nitrogens with zero attached hydrogens (tertiary/aromatic N) is 4. The molecule has 1 aromatic heterocycles. The Labute approximate surface area is 109 Å². The van der Waals surface area contributed by atoms with E-state index in [0.717, 1.165) is 11.3 Å². The zero-order valence-electron chi connectivity index (χ0n) is 9.35. The molecule has 0 bridgehead atoms. The van der Waals surface area contributed by atoms with Crippen LogP contribution in [0, 0.1) is 6.92 Å². The Balaban J connectivity index is 2.43. The van der Waals surface area contributed by atoms with Crippen LogP contribution in [0.5, 0.6) is 0 Å². The standard InChI is InChI=1S/C11H10Cl2N4/c1-7-5-3-4-6-8(7)17(2)11-15-9(12)14-10(13)16-11/h3-6H,1-2H3. The Hall–Kier alpha value is -1.39. The van der Waals surface area contributed by atoms with E-state index in [-0.39, 0.29) is 10.6 Å². The second-order valence-corrected chi connectivity index (χ2v) is 4.20. The molecule has 4 nitrogen and oxygen atoms in total. The third-order valence-electron chi connectivity index (χ3n) is 2.35. The quantitative estimate of drug-likeness (QED) is 0.839. The molecule has 6 heteroatoms. The summed E-state index contributed by atoms with van der Waals surface area (Å²) in [5.41, 5.74) is 2.11. The molecule has 88 valence electrons. The maximum atomic E-state index is 5.75. The molecule has 2 aromatic rings. The molecule has 0 aliphatic rings. The molecular weight excluding hydrogens is 259 g/mol. The Kier molecular flexibility index (Phi) is 3.45. The predicted octanol–water partition coefficient (Wildman–Crippen LogP) is 3.25. The normalized spacial score (nSPS) is 10.4. The van der Waals surface area contributed by atoms with Gasteiger partial charge in [0, 0.05) is 12.7 Å². The smallest absolute Gasteiger partial charge is 0.235 e. The maximum Gasteiger partial charge on any atom is 0.235 e. The molecular formula is C11H10Cl2N4. The highest BCUT2D eigenvalue weighted by Gasteiger charge is 2.11. The molecule has 0 amide bonds. The number of para-hydroxylation sites is 1. The average molecular weight is 269 g/mol. The minimum absolute atomic E-state index is 0.0837. The van der Waals surface area contributed by atoms with Crippen molar-refractivity contribution in [1.82, 2.24) is 15.0 Å². The zero-order chi connectivity index (χ0) is 12.4. The van der Waals surface area contributed by atoms with Crippen molar-refractivity contribution in [2.75, 3.05) is 11.9 Å². The van der Waals surface area contributed by atoms with Crippen molar-refractivity contribution in [2.24, 2.45) is 0 Å². The first-order valence-corrected chi connectivity index (χ1v) is 5.70. The first-order valence-electron chi connectivity index (χ1n) is 4.94. The number of hydrogen-bond acceptors (Lipinski definition) is 4. The molecule has 2 rings (SSSR count). The summed E-state index contributed by atoms with van der Waals surface area (Å²) < 4.78 is 0. The van der Waals surface area contributed by atoms with Crippen molar-refractivity contribution in [3.05, 3.63) is 40.4 Å². The molecule has 1 heterocycles. The summed E-state index contributed by atoms with van der Waals surface area (Å²) in [4.78, 5) is 13.6. The molecule has 0 radical (unpaired) electrons. The van der Waals surface area contributed by atoms with Crippen molar-refractivity contribution in [3.8, 4) is 0 Å². The van der Waals surface area contributed by atoms with Crippen molar-refractivity contribution < 1.29 is 0 Å². The number of hydrogen-bond donors (Lipinski definition) is 0. The third-order valence-corrected chi connectivity index (χ3v) is 2.68. The van der Waals surface area contributed by atoms with Gasteiger partial charge in [0.2, 0.25) is 16.5 Å². The summed E-state index contributed by atoms with van der Waals surface area (Å²) in [6, 6.07) is 7.90. The second-order valence-electron chi connectivity index (χ2n) is 3.52. The SMILES string of the molecule is Cc1ccccc1N(C)c1nc(Cl)nc(Cl)n1. The van der Waals surface area contributed by atoms with Gasteiger partial charge in [0.1, 0.15) is 0 Å². The van der Waals surface area contributed by atoms with Gasteiger partial charge in [-0.1, -0.05) is 18.2 Å². The molecule has 0 spiro atoms. The van der Waals surface area contributed by atoms with Gasteiger partial charge < -0.3 is 4.90 Å². The Bertz CT molecular complexity index is 524. The molecule has 0 aliphatic carbocycles. The summed E-state index contributed by atoms with van der Waals surface area (Å²) in [7, 11) is 1.85. The number of aromatic nitrogens is 3. The van der Waals surface area contributed by atoms with E-state index in [9.17, 15) is 0 Å². The highest BCUT2D eigenvalue weighted by Crippen LogP contribution is 2.24. The molecule has 0 aliphatic heterocycles. The summed E-state index contributed by atoms with van der Waals surface area (Å²) in [6.07, 6.45) is 0. The number of benzene rings is 1. The van der Waals surface area contributed by atoms with Crippen LogP contribution in [0.25, 0.3) is 0 Å². The van der Waals surface area contributed by atoms with Crippen LogP contribution in [0.4, 0.5) is 11.6 Å². The monoisotopic (exact) mass is 268 g/mol. The van der Waals surface area contributed by atoms with Crippen molar-refractivity contribution in [2.45, 2.75) is 6.92 Å². The van der Waals surface area contributed by atoms with Crippen LogP contribution in [-0.4, -0.2) is 22.0 Å². The van der Waals surface area contributed by atoms with Gasteiger partial charge in [-0.15, -0.1) is 0 Å². The molecule has 17 heavy (non-hydrogen) atoms. The summed E-state index contributed by atoms with van der Waals surface area (Å²) in [6.45, 7) is 2.01. The summed E-state index contributed by atoms with van der Waals surface area (Å²) in [5, 5.41) is 0.167. The van der Waals surface area contributed by atoms with Crippen LogP contribution in [-0.2, 0) is 0 Å². The molecule has 1 aromatic carbocycles. The van der Waals surface area contributed by atoms with Gasteiger partial charge in [-0.3, -0.25) is 0 Å². The number of halogens is 2. The minimum atomic E-state index is 0.0837. The Morgan fingerprint density at radius 1 is 1.00 bits per heavy atom. The van der Waals surface area contributed by atoms with Gasteiger partial charge in [-0.05, 0) is 41.8 Å². The van der Waals surface area contributed by atoms with Gasteiger partial charge in [0.25, 0.3) is 0 Å². The molecule has 0 atom stereocenters. The number of anilines is 2. The lowest BCUT2D eigenvalue weighted by Crippen LogP contribution is -2.14. The van der Waals surface area contributed by atoms with Crippen LogP contribution in [0.2, 0.25) is 10.6 Å². The fourth-order valence-corrected chi connectivity index (χ4v) is 1.87. The second kappa shape index (κ2) is 4.85. The lowest BCUT2D eigenvalue weighted by atomic mass is 10.2. The van der Waals surface area contributed by atoms with E-state index in [4.69, 9.17) is 23.2 Å². The van der Waals surface area contributed by atoms with Crippen LogP contribution >= 0.6 is 23.2 Å². The topological polar surface area (TPSA) is 41.9 Å². The van der Waals surface area contributed by atoms with Gasteiger partial charge in [-0.2, -0.15) is 15.0 Å². The lowest BCUT2D eigenvalue weighted by Gasteiger charge is -2.19. The van der Waals surface area contributed by atoms with Crippen molar-refractivity contribution in [1.29, 1.82) is 0 Å². The van der Waals surface area contributed by atoms with E-state index < -0.39 is 0 Å². The minimum Gasteiger partial charge on any atom is -0.313 e. The molecule has 0 unspecified atom stereocenters. The van der Waals surface area contributed by atoms with Crippen LogP contribution in [0.1, 0.15) is 5.56 Å². The third kappa shape index (κ3) is 2.65. The van der Waals surface area contributed by atoms with Gasteiger partial charge >= 0.3 is 0 Å². The van der Waals surface area contributed by atoms with Gasteiger partial charge in [-0.25, -0.2) is 0 Å². The largest absolute Gasteiger partial charge is 0.313 e. The number of rotatable bonds is 2. The van der Waals surface area contributed by atoms with Crippen molar-refractivity contribution >= 4 is 34.8 Å². The van der Waals surface area contributed by atoms with E-state index in [2.05, 4.69) is 15.0 Å². The first-order chi connectivity index (χ1) is 8.08. The Morgan fingerprint density at radius 2 is 1.59 bits per heavy atom. The van der Waals surface area contributed by atoms with E-state index in [1.54, 1.807) is 0 Å². The van der Waals surface area contributed by atoms with Crippen LogP contribution in [0.15, 0.2) is 24.3 Å². The highest BCUT2D eigenvalue weighted by molar-refractivity contribution is 6.31. The molecule has 0 fully saturated rings. The van der Waals surface area contributed by atoms with E-state index in [1.165, 1.54) is 0 Å². The van der Waals surface area contributed by atoms with E-state index in [0.29, 0.717) is 5.95 Å². The highest BCUT2D eigenvalue weighted by atomic mass is 35.5. The fraction of sp³-hybridized carbons (Fsp3) is 0.182. The van der Waals surface area contributed by atoms with Crippen LogP contribution < -0.4 is 4.90 Å². The summed E-state index contributed by atoms with van der Waals surface area (Å²) in [5.74, 6) is 0.421.